The second kappa shape index (κ2) is 4.88. The fourth-order valence-electron chi connectivity index (χ4n) is 2.90. The number of benzene rings is 2. The lowest BCUT2D eigenvalue weighted by molar-refractivity contribution is 0.0210. The molecular weight excluding hydrogens is 316 g/mol. The Morgan fingerprint density at radius 2 is 1.95 bits per heavy atom. The molecule has 0 aromatic heterocycles. The normalized spacial score (nSPS) is 24.8. The van der Waals surface area contributed by atoms with Crippen LogP contribution in [0.15, 0.2) is 53.0 Å². The van der Waals surface area contributed by atoms with Crippen molar-refractivity contribution in [3.63, 3.8) is 0 Å². The molecule has 2 aromatic rings. The van der Waals surface area contributed by atoms with Gasteiger partial charge in [-0.3, -0.25) is 0 Å². The summed E-state index contributed by atoms with van der Waals surface area (Å²) >= 11 is 3.47. The molecule has 4 heteroatoms. The number of rotatable bonds is 2. The van der Waals surface area contributed by atoms with Crippen LogP contribution in [-0.2, 0) is 12.0 Å². The summed E-state index contributed by atoms with van der Waals surface area (Å²) in [6.45, 7) is 0. The molecule has 0 amide bonds. The van der Waals surface area contributed by atoms with Crippen LogP contribution in [-0.4, -0.2) is 18.3 Å². The predicted octanol–water partition coefficient (Wildman–Crippen LogP) is 2.61. The van der Waals surface area contributed by atoms with Crippen molar-refractivity contribution < 1.29 is 5.11 Å². The summed E-state index contributed by atoms with van der Waals surface area (Å²) in [7, 11) is 1.92. The van der Waals surface area contributed by atoms with Crippen LogP contribution < -0.4 is 10.6 Å². The van der Waals surface area contributed by atoms with Crippen LogP contribution in [0.25, 0.3) is 0 Å². The molecule has 3 nitrogen and oxygen atoms in total. The van der Waals surface area contributed by atoms with Gasteiger partial charge in [-0.05, 0) is 23.8 Å². The molecule has 20 heavy (non-hydrogen) atoms. The summed E-state index contributed by atoms with van der Waals surface area (Å²) in [5, 5.41) is 11.2. The highest BCUT2D eigenvalue weighted by molar-refractivity contribution is 9.10. The Bertz CT molecular complexity index is 632. The van der Waals surface area contributed by atoms with Gasteiger partial charge in [0, 0.05) is 29.2 Å². The monoisotopic (exact) mass is 332 g/mol. The fourth-order valence-corrected chi connectivity index (χ4v) is 3.26. The average molecular weight is 333 g/mol. The predicted molar refractivity (Wildman–Crippen MR) is 84.6 cm³/mol. The van der Waals surface area contributed by atoms with E-state index in [1.807, 2.05) is 60.5 Å². The summed E-state index contributed by atoms with van der Waals surface area (Å²) in [4.78, 5) is 1.94. The minimum Gasteiger partial charge on any atom is -0.381 e. The standard InChI is InChI=1S/C16H17BrN2O/c1-19-14-8-7-12(17)9-13(14)16(20,15(19)18)10-11-5-3-2-4-6-11/h2-9,15,20H,10,18H2,1H3. The molecule has 1 aliphatic heterocycles. The molecule has 0 saturated carbocycles. The highest BCUT2D eigenvalue weighted by Gasteiger charge is 2.46. The van der Waals surface area contributed by atoms with Gasteiger partial charge in [0.1, 0.15) is 11.8 Å². The molecule has 3 N–H and O–H groups in total. The van der Waals surface area contributed by atoms with Gasteiger partial charge in [-0.25, -0.2) is 0 Å². The molecule has 3 rings (SSSR count). The summed E-state index contributed by atoms with van der Waals surface area (Å²) in [5.74, 6) is 0. The largest absolute Gasteiger partial charge is 0.381 e. The minimum absolute atomic E-state index is 0.452. The maximum atomic E-state index is 11.2. The van der Waals surface area contributed by atoms with Crippen molar-refractivity contribution in [1.82, 2.24) is 0 Å². The first-order valence-electron chi connectivity index (χ1n) is 6.57. The van der Waals surface area contributed by atoms with Crippen molar-refractivity contribution >= 4 is 21.6 Å². The van der Waals surface area contributed by atoms with Crippen LogP contribution in [0.1, 0.15) is 11.1 Å². The fraction of sp³-hybridized carbons (Fsp3) is 0.250. The Labute approximate surface area is 127 Å². The lowest BCUT2D eigenvalue weighted by Crippen LogP contribution is -2.51. The summed E-state index contributed by atoms with van der Waals surface area (Å²) in [6.07, 6.45) is 0.0509. The number of hydrogen-bond donors (Lipinski definition) is 2. The second-order valence-corrected chi connectivity index (χ2v) is 6.22. The topological polar surface area (TPSA) is 49.5 Å². The van der Waals surface area contributed by atoms with E-state index in [2.05, 4.69) is 15.9 Å². The number of hydrogen-bond acceptors (Lipinski definition) is 3. The van der Waals surface area contributed by atoms with Gasteiger partial charge in [0.15, 0.2) is 0 Å². The maximum Gasteiger partial charge on any atom is 0.129 e. The van der Waals surface area contributed by atoms with Crippen molar-refractivity contribution in [2.75, 3.05) is 11.9 Å². The van der Waals surface area contributed by atoms with Crippen molar-refractivity contribution in [2.45, 2.75) is 18.2 Å². The van der Waals surface area contributed by atoms with E-state index in [0.29, 0.717) is 6.42 Å². The van der Waals surface area contributed by atoms with E-state index in [4.69, 9.17) is 5.73 Å². The Balaban J connectivity index is 2.07. The maximum absolute atomic E-state index is 11.2. The third-order valence-corrected chi connectivity index (χ3v) is 4.52. The Hall–Kier alpha value is -1.36. The highest BCUT2D eigenvalue weighted by atomic mass is 79.9. The lowest BCUT2D eigenvalue weighted by Gasteiger charge is -2.31. The van der Waals surface area contributed by atoms with Crippen molar-refractivity contribution in [3.05, 3.63) is 64.1 Å². The van der Waals surface area contributed by atoms with E-state index in [1.54, 1.807) is 0 Å². The number of fused-ring (bicyclic) bond motifs is 1. The number of halogens is 1. The number of likely N-dealkylation sites (N-methyl/N-ethyl adjacent to an activating group) is 1. The van der Waals surface area contributed by atoms with E-state index < -0.39 is 11.8 Å². The smallest absolute Gasteiger partial charge is 0.129 e. The summed E-state index contributed by atoms with van der Waals surface area (Å²) in [6, 6.07) is 15.9. The highest BCUT2D eigenvalue weighted by Crippen LogP contribution is 2.44. The Kier molecular flexibility index (Phi) is 3.32. The van der Waals surface area contributed by atoms with Crippen LogP contribution in [0, 0.1) is 0 Å². The molecule has 0 fully saturated rings. The first-order valence-corrected chi connectivity index (χ1v) is 7.36. The zero-order valence-electron chi connectivity index (χ0n) is 11.3. The van der Waals surface area contributed by atoms with Gasteiger partial charge in [-0.1, -0.05) is 46.3 Å². The Morgan fingerprint density at radius 1 is 1.25 bits per heavy atom. The van der Waals surface area contributed by atoms with Crippen LogP contribution >= 0.6 is 15.9 Å². The van der Waals surface area contributed by atoms with E-state index in [-0.39, 0.29) is 0 Å². The number of nitrogens with two attached hydrogens (primary N) is 1. The molecule has 1 aliphatic rings. The van der Waals surface area contributed by atoms with Gasteiger partial charge in [0.2, 0.25) is 0 Å². The van der Waals surface area contributed by atoms with Gasteiger partial charge >= 0.3 is 0 Å². The first-order chi connectivity index (χ1) is 9.52. The zero-order chi connectivity index (χ0) is 14.3. The lowest BCUT2D eigenvalue weighted by atomic mass is 9.87. The van der Waals surface area contributed by atoms with Gasteiger partial charge < -0.3 is 15.7 Å². The third-order valence-electron chi connectivity index (χ3n) is 4.03. The minimum atomic E-state index is -1.07. The molecule has 0 spiro atoms. The quantitative estimate of drug-likeness (QED) is 0.888. The van der Waals surface area contributed by atoms with Gasteiger partial charge in [0.05, 0.1) is 0 Å². The number of nitrogens with zero attached hydrogens (tertiary/aromatic N) is 1. The summed E-state index contributed by atoms with van der Waals surface area (Å²) in [5.41, 5.74) is 8.13. The molecule has 0 aliphatic carbocycles. The van der Waals surface area contributed by atoms with Gasteiger partial charge in [-0.15, -0.1) is 0 Å². The number of anilines is 1. The average Bonchev–Trinajstić information content (AvgIpc) is 2.62. The molecular formula is C16H17BrN2O. The molecule has 0 bridgehead atoms. The summed E-state index contributed by atoms with van der Waals surface area (Å²) < 4.78 is 0.949. The third kappa shape index (κ3) is 2.04. The van der Waals surface area contributed by atoms with Crippen LogP contribution in [0.2, 0.25) is 0 Å². The van der Waals surface area contributed by atoms with Crippen LogP contribution in [0.3, 0.4) is 0 Å². The van der Waals surface area contributed by atoms with E-state index in [1.165, 1.54) is 0 Å². The molecule has 0 radical (unpaired) electrons. The first kappa shape index (κ1) is 13.6. The van der Waals surface area contributed by atoms with Crippen LogP contribution in [0.4, 0.5) is 5.69 Å². The zero-order valence-corrected chi connectivity index (χ0v) is 12.8. The van der Waals surface area contributed by atoms with E-state index in [0.717, 1.165) is 21.3 Å². The van der Waals surface area contributed by atoms with E-state index in [9.17, 15) is 5.11 Å². The SMILES string of the molecule is CN1c2ccc(Br)cc2C(O)(Cc2ccccc2)C1N. The molecule has 1 heterocycles. The van der Waals surface area contributed by atoms with Gasteiger partial charge in [-0.2, -0.15) is 0 Å². The van der Waals surface area contributed by atoms with Crippen molar-refractivity contribution in [1.29, 1.82) is 0 Å². The molecule has 2 atom stereocenters. The molecule has 2 aromatic carbocycles. The molecule has 0 saturated heterocycles. The van der Waals surface area contributed by atoms with Gasteiger partial charge in [0.25, 0.3) is 0 Å². The van der Waals surface area contributed by atoms with Crippen molar-refractivity contribution in [2.24, 2.45) is 5.73 Å². The molecule has 104 valence electrons. The molecule has 2 unspecified atom stereocenters. The Morgan fingerprint density at radius 3 is 2.65 bits per heavy atom. The van der Waals surface area contributed by atoms with Crippen molar-refractivity contribution in [3.8, 4) is 0 Å². The number of aliphatic hydroxyl groups is 1. The van der Waals surface area contributed by atoms with E-state index >= 15 is 0 Å². The van der Waals surface area contributed by atoms with Crippen LogP contribution in [0.5, 0.6) is 0 Å². The second-order valence-electron chi connectivity index (χ2n) is 5.30.